The van der Waals surface area contributed by atoms with E-state index in [9.17, 15) is 4.79 Å². The lowest BCUT2D eigenvalue weighted by Crippen LogP contribution is -2.29. The van der Waals surface area contributed by atoms with E-state index in [1.807, 2.05) is 0 Å². The van der Waals surface area contributed by atoms with Crippen LogP contribution in [-0.2, 0) is 4.79 Å². The molecule has 1 aliphatic carbocycles. The first kappa shape index (κ1) is 10.7. The number of carbonyl (C=O) groups excluding carboxylic acids is 1. The van der Waals surface area contributed by atoms with E-state index in [2.05, 4.69) is 13.8 Å². The molecule has 76 valence electrons. The summed E-state index contributed by atoms with van der Waals surface area (Å²) in [6.07, 6.45) is 9.65. The highest BCUT2D eigenvalue weighted by Crippen LogP contribution is 2.41. The van der Waals surface area contributed by atoms with Gasteiger partial charge in [0, 0.05) is 5.41 Å². The molecule has 1 aliphatic rings. The van der Waals surface area contributed by atoms with Gasteiger partial charge in [-0.1, -0.05) is 39.5 Å². The lowest BCUT2D eigenvalue weighted by atomic mass is 9.68. The maximum absolute atomic E-state index is 11.1. The van der Waals surface area contributed by atoms with Crippen LogP contribution >= 0.6 is 0 Å². The van der Waals surface area contributed by atoms with Crippen molar-refractivity contribution in [2.45, 2.75) is 58.8 Å². The van der Waals surface area contributed by atoms with Crippen molar-refractivity contribution in [3.63, 3.8) is 0 Å². The smallest absolute Gasteiger partial charge is 0.126 e. The number of unbranched alkanes of at least 4 members (excludes halogenated alkanes) is 1. The van der Waals surface area contributed by atoms with Crippen LogP contribution in [0.5, 0.6) is 0 Å². The second kappa shape index (κ2) is 4.78. The number of aldehydes is 1. The Labute approximate surface area is 81.9 Å². The Hall–Kier alpha value is -0.330. The van der Waals surface area contributed by atoms with Crippen molar-refractivity contribution in [1.29, 1.82) is 0 Å². The summed E-state index contributed by atoms with van der Waals surface area (Å²) >= 11 is 0. The molecule has 0 aromatic carbocycles. The molecule has 0 heterocycles. The summed E-state index contributed by atoms with van der Waals surface area (Å²) in [7, 11) is 0. The Kier molecular flexibility index (Phi) is 3.95. The lowest BCUT2D eigenvalue weighted by Gasteiger charge is -2.35. The van der Waals surface area contributed by atoms with Gasteiger partial charge in [-0.25, -0.2) is 0 Å². The molecule has 0 radical (unpaired) electrons. The van der Waals surface area contributed by atoms with Gasteiger partial charge in [-0.05, 0) is 25.2 Å². The first-order chi connectivity index (χ1) is 6.22. The Morgan fingerprint density at radius 1 is 1.54 bits per heavy atom. The summed E-state index contributed by atoms with van der Waals surface area (Å²) in [5.41, 5.74) is 0.0632. The summed E-state index contributed by atoms with van der Waals surface area (Å²) in [6, 6.07) is 0. The van der Waals surface area contributed by atoms with E-state index >= 15 is 0 Å². The van der Waals surface area contributed by atoms with Crippen LogP contribution in [0.4, 0.5) is 0 Å². The average Bonchev–Trinajstić information content (AvgIpc) is 2.15. The van der Waals surface area contributed by atoms with Gasteiger partial charge in [0.25, 0.3) is 0 Å². The highest BCUT2D eigenvalue weighted by atomic mass is 16.1. The van der Waals surface area contributed by atoms with Gasteiger partial charge >= 0.3 is 0 Å². The number of hydrogen-bond donors (Lipinski definition) is 0. The molecule has 0 aliphatic heterocycles. The number of carbonyl (C=O) groups is 1. The molecule has 0 bridgehead atoms. The van der Waals surface area contributed by atoms with E-state index < -0.39 is 0 Å². The van der Waals surface area contributed by atoms with Crippen LogP contribution in [0, 0.1) is 11.3 Å². The van der Waals surface area contributed by atoms with Crippen molar-refractivity contribution in [3.8, 4) is 0 Å². The van der Waals surface area contributed by atoms with Gasteiger partial charge in [-0.2, -0.15) is 0 Å². The Bertz CT molecular complexity index is 165. The third-order valence-electron chi connectivity index (χ3n) is 3.40. The molecule has 1 saturated carbocycles. The second-order valence-electron chi connectivity index (χ2n) is 4.79. The minimum Gasteiger partial charge on any atom is -0.303 e. The molecular formula is C12H22O. The van der Waals surface area contributed by atoms with Crippen LogP contribution in [0.2, 0.25) is 0 Å². The van der Waals surface area contributed by atoms with E-state index in [0.29, 0.717) is 0 Å². The largest absolute Gasteiger partial charge is 0.303 e. The molecule has 2 unspecified atom stereocenters. The van der Waals surface area contributed by atoms with Crippen molar-refractivity contribution in [2.75, 3.05) is 0 Å². The molecular weight excluding hydrogens is 160 g/mol. The van der Waals surface area contributed by atoms with Crippen LogP contribution in [0.3, 0.4) is 0 Å². The summed E-state index contributed by atoms with van der Waals surface area (Å²) < 4.78 is 0. The van der Waals surface area contributed by atoms with E-state index in [1.165, 1.54) is 32.0 Å². The topological polar surface area (TPSA) is 17.1 Å². The fourth-order valence-corrected chi connectivity index (χ4v) is 2.62. The standard InChI is InChI=1S/C12H22O/c1-3-4-7-12(10-13)8-5-6-11(2)9-12/h10-11H,3-9H2,1-2H3. The molecule has 0 amide bonds. The summed E-state index contributed by atoms with van der Waals surface area (Å²) in [5, 5.41) is 0. The molecule has 0 aromatic heterocycles. The third-order valence-corrected chi connectivity index (χ3v) is 3.40. The van der Waals surface area contributed by atoms with Crippen molar-refractivity contribution >= 4 is 6.29 Å². The van der Waals surface area contributed by atoms with Crippen LogP contribution < -0.4 is 0 Å². The maximum atomic E-state index is 11.1. The van der Waals surface area contributed by atoms with Crippen molar-refractivity contribution < 1.29 is 4.79 Å². The highest BCUT2D eigenvalue weighted by molar-refractivity contribution is 5.59. The van der Waals surface area contributed by atoms with Gasteiger partial charge in [-0.3, -0.25) is 0 Å². The van der Waals surface area contributed by atoms with Gasteiger partial charge in [0.1, 0.15) is 6.29 Å². The van der Waals surface area contributed by atoms with Crippen LogP contribution in [0.25, 0.3) is 0 Å². The second-order valence-corrected chi connectivity index (χ2v) is 4.79. The molecule has 2 atom stereocenters. The summed E-state index contributed by atoms with van der Waals surface area (Å²) in [5.74, 6) is 0.760. The Morgan fingerprint density at radius 3 is 2.85 bits per heavy atom. The van der Waals surface area contributed by atoms with Crippen LogP contribution in [0.15, 0.2) is 0 Å². The minimum absolute atomic E-state index is 0.0632. The van der Waals surface area contributed by atoms with Gasteiger partial charge in [0.05, 0.1) is 0 Å². The number of rotatable bonds is 4. The highest BCUT2D eigenvalue weighted by Gasteiger charge is 2.33. The predicted octanol–water partition coefficient (Wildman–Crippen LogP) is 3.57. The van der Waals surface area contributed by atoms with Gasteiger partial charge in [-0.15, -0.1) is 0 Å². The molecule has 13 heavy (non-hydrogen) atoms. The molecule has 1 nitrogen and oxygen atoms in total. The average molecular weight is 182 g/mol. The maximum Gasteiger partial charge on any atom is 0.126 e. The number of hydrogen-bond acceptors (Lipinski definition) is 1. The van der Waals surface area contributed by atoms with Crippen molar-refractivity contribution in [3.05, 3.63) is 0 Å². The lowest BCUT2D eigenvalue weighted by molar-refractivity contribution is -0.119. The summed E-state index contributed by atoms with van der Waals surface area (Å²) in [4.78, 5) is 11.1. The zero-order chi connectivity index (χ0) is 9.73. The van der Waals surface area contributed by atoms with Gasteiger partial charge in [0.15, 0.2) is 0 Å². The first-order valence-corrected chi connectivity index (χ1v) is 5.69. The van der Waals surface area contributed by atoms with Gasteiger partial charge < -0.3 is 4.79 Å². The zero-order valence-electron chi connectivity index (χ0n) is 9.01. The van der Waals surface area contributed by atoms with E-state index in [0.717, 1.165) is 25.2 Å². The predicted molar refractivity (Wildman–Crippen MR) is 55.7 cm³/mol. The fourth-order valence-electron chi connectivity index (χ4n) is 2.62. The SMILES string of the molecule is CCCCC1(C=O)CCCC(C)C1. The van der Waals surface area contributed by atoms with E-state index in [4.69, 9.17) is 0 Å². The minimum atomic E-state index is 0.0632. The van der Waals surface area contributed by atoms with Crippen molar-refractivity contribution in [2.24, 2.45) is 11.3 Å². The molecule has 0 aromatic rings. The zero-order valence-corrected chi connectivity index (χ0v) is 9.01. The monoisotopic (exact) mass is 182 g/mol. The Balaban J connectivity index is 2.51. The Morgan fingerprint density at radius 2 is 2.31 bits per heavy atom. The fraction of sp³-hybridized carbons (Fsp3) is 0.917. The van der Waals surface area contributed by atoms with Crippen LogP contribution in [0.1, 0.15) is 58.8 Å². The molecule has 0 saturated heterocycles. The molecule has 0 spiro atoms. The molecule has 0 N–H and O–H groups in total. The first-order valence-electron chi connectivity index (χ1n) is 5.69. The third kappa shape index (κ3) is 2.82. The normalized spacial score (nSPS) is 34.5. The van der Waals surface area contributed by atoms with Gasteiger partial charge in [0.2, 0.25) is 0 Å². The molecule has 1 fully saturated rings. The van der Waals surface area contributed by atoms with Crippen LogP contribution in [-0.4, -0.2) is 6.29 Å². The summed E-state index contributed by atoms with van der Waals surface area (Å²) in [6.45, 7) is 4.48. The van der Waals surface area contributed by atoms with E-state index in [1.54, 1.807) is 0 Å². The quantitative estimate of drug-likeness (QED) is 0.607. The molecule has 1 rings (SSSR count). The van der Waals surface area contributed by atoms with Crippen molar-refractivity contribution in [1.82, 2.24) is 0 Å². The van der Waals surface area contributed by atoms with E-state index in [-0.39, 0.29) is 5.41 Å². The molecule has 1 heteroatoms.